The maximum absolute atomic E-state index is 11.7. The van der Waals surface area contributed by atoms with Gasteiger partial charge in [-0.1, -0.05) is 0 Å². The van der Waals surface area contributed by atoms with Crippen molar-refractivity contribution in [1.82, 2.24) is 4.90 Å². The molecule has 0 aliphatic carbocycles. The normalized spacial score (nSPS) is 23.8. The van der Waals surface area contributed by atoms with Gasteiger partial charge in [0.1, 0.15) is 12.9 Å². The fraction of sp³-hybridized carbons (Fsp3) is 0.467. The van der Waals surface area contributed by atoms with E-state index in [4.69, 9.17) is 14.2 Å². The summed E-state index contributed by atoms with van der Waals surface area (Å²) in [6.07, 6.45) is 2.07. The van der Waals surface area contributed by atoms with Crippen LogP contribution in [0.25, 0.3) is 0 Å². The predicted molar refractivity (Wildman–Crippen MR) is 73.9 cm³/mol. The monoisotopic (exact) mass is 291 g/mol. The van der Waals surface area contributed by atoms with Crippen LogP contribution < -0.4 is 9.47 Å². The Kier molecular flexibility index (Phi) is 3.45. The second-order valence-electron chi connectivity index (χ2n) is 5.39. The molecule has 21 heavy (non-hydrogen) atoms. The van der Waals surface area contributed by atoms with Crippen LogP contribution in [0.2, 0.25) is 0 Å². The smallest absolute Gasteiger partial charge is 0.409 e. The number of aldehydes is 1. The minimum Gasteiger partial charge on any atom is -0.485 e. The summed E-state index contributed by atoms with van der Waals surface area (Å²) in [7, 11) is 1.37. The summed E-state index contributed by atoms with van der Waals surface area (Å²) in [5, 5.41) is 0. The van der Waals surface area contributed by atoms with Crippen LogP contribution in [-0.4, -0.2) is 49.7 Å². The van der Waals surface area contributed by atoms with Crippen molar-refractivity contribution in [2.24, 2.45) is 0 Å². The van der Waals surface area contributed by atoms with Crippen LogP contribution in [-0.2, 0) is 4.74 Å². The van der Waals surface area contributed by atoms with Gasteiger partial charge in [0.2, 0.25) is 0 Å². The predicted octanol–water partition coefficient (Wildman–Crippen LogP) is 1.87. The van der Waals surface area contributed by atoms with Crippen LogP contribution in [0.4, 0.5) is 4.79 Å². The highest BCUT2D eigenvalue weighted by atomic mass is 16.6. The molecule has 1 amide bonds. The molecule has 0 bridgehead atoms. The first kappa shape index (κ1) is 13.7. The zero-order valence-electron chi connectivity index (χ0n) is 11.8. The molecule has 1 unspecified atom stereocenters. The summed E-state index contributed by atoms with van der Waals surface area (Å²) in [6, 6.07) is 5.09. The molecule has 0 saturated carbocycles. The molecule has 0 aromatic heterocycles. The summed E-state index contributed by atoms with van der Waals surface area (Å²) in [6.45, 7) is 1.46. The van der Waals surface area contributed by atoms with Crippen molar-refractivity contribution in [3.63, 3.8) is 0 Å². The Labute approximate surface area is 122 Å². The van der Waals surface area contributed by atoms with Crippen molar-refractivity contribution in [2.75, 3.05) is 26.8 Å². The van der Waals surface area contributed by atoms with E-state index < -0.39 is 5.60 Å². The van der Waals surface area contributed by atoms with Gasteiger partial charge in [0.15, 0.2) is 17.1 Å². The second-order valence-corrected chi connectivity index (χ2v) is 5.39. The fourth-order valence-electron chi connectivity index (χ4n) is 2.85. The zero-order valence-corrected chi connectivity index (χ0v) is 11.8. The first-order chi connectivity index (χ1) is 10.2. The Morgan fingerprint density at radius 2 is 2.29 bits per heavy atom. The van der Waals surface area contributed by atoms with Gasteiger partial charge in [0.25, 0.3) is 0 Å². The number of carbonyl (C=O) groups is 2. The first-order valence-corrected chi connectivity index (χ1v) is 6.90. The number of nitrogens with zero attached hydrogens (tertiary/aromatic N) is 1. The van der Waals surface area contributed by atoms with E-state index in [9.17, 15) is 9.59 Å². The Morgan fingerprint density at radius 3 is 3.05 bits per heavy atom. The summed E-state index contributed by atoms with van der Waals surface area (Å²) < 4.78 is 16.6. The molecule has 1 fully saturated rings. The molecular formula is C15H17NO5. The van der Waals surface area contributed by atoms with E-state index in [0.717, 1.165) is 19.1 Å². The largest absolute Gasteiger partial charge is 0.485 e. The van der Waals surface area contributed by atoms with Crippen molar-refractivity contribution in [2.45, 2.75) is 18.4 Å². The topological polar surface area (TPSA) is 65.1 Å². The third-order valence-electron chi connectivity index (χ3n) is 3.89. The van der Waals surface area contributed by atoms with Crippen LogP contribution in [0.1, 0.15) is 23.2 Å². The van der Waals surface area contributed by atoms with Crippen molar-refractivity contribution in [3.8, 4) is 11.5 Å². The lowest BCUT2D eigenvalue weighted by Gasteiger charge is -2.44. The highest BCUT2D eigenvalue weighted by Gasteiger charge is 2.43. The highest BCUT2D eigenvalue weighted by Crippen LogP contribution is 2.39. The third-order valence-corrected chi connectivity index (χ3v) is 3.89. The number of ether oxygens (including phenoxy) is 3. The second kappa shape index (κ2) is 5.27. The molecule has 1 atom stereocenters. The molecule has 3 rings (SSSR count). The van der Waals surface area contributed by atoms with Crippen LogP contribution in [0.15, 0.2) is 18.2 Å². The van der Waals surface area contributed by atoms with E-state index in [0.29, 0.717) is 36.8 Å². The van der Waals surface area contributed by atoms with Gasteiger partial charge < -0.3 is 19.1 Å². The van der Waals surface area contributed by atoms with Crippen molar-refractivity contribution >= 4 is 12.4 Å². The number of hydrogen-bond acceptors (Lipinski definition) is 5. The highest BCUT2D eigenvalue weighted by molar-refractivity contribution is 5.76. The fourth-order valence-corrected chi connectivity index (χ4v) is 2.85. The number of rotatable bonds is 1. The number of piperidine rings is 1. The number of carbonyl (C=O) groups excluding carboxylic acids is 2. The van der Waals surface area contributed by atoms with E-state index in [1.807, 2.05) is 0 Å². The summed E-state index contributed by atoms with van der Waals surface area (Å²) in [4.78, 5) is 24.1. The number of hydrogen-bond donors (Lipinski definition) is 0. The molecule has 1 aromatic carbocycles. The number of benzene rings is 1. The zero-order chi connectivity index (χ0) is 14.9. The van der Waals surface area contributed by atoms with Crippen LogP contribution in [0.3, 0.4) is 0 Å². The van der Waals surface area contributed by atoms with Gasteiger partial charge in [0, 0.05) is 12.1 Å². The Morgan fingerprint density at radius 1 is 1.43 bits per heavy atom. The molecule has 112 valence electrons. The SMILES string of the molecule is COC(=O)N1CCCC2(COc3cc(C=O)ccc3O2)C1. The van der Waals surface area contributed by atoms with Crippen molar-refractivity contribution < 1.29 is 23.8 Å². The number of fused-ring (bicyclic) bond motifs is 1. The molecule has 2 aliphatic rings. The maximum Gasteiger partial charge on any atom is 0.409 e. The number of amides is 1. The Balaban J connectivity index is 1.81. The van der Waals surface area contributed by atoms with Crippen LogP contribution in [0, 0.1) is 0 Å². The minimum absolute atomic E-state index is 0.347. The maximum atomic E-state index is 11.7. The molecule has 1 saturated heterocycles. The van der Waals surface area contributed by atoms with Gasteiger partial charge >= 0.3 is 6.09 Å². The van der Waals surface area contributed by atoms with Gasteiger partial charge in [-0.05, 0) is 31.0 Å². The van der Waals surface area contributed by atoms with Gasteiger partial charge in [0.05, 0.1) is 13.7 Å². The number of likely N-dealkylation sites (tertiary alicyclic amines) is 1. The van der Waals surface area contributed by atoms with Crippen molar-refractivity contribution in [1.29, 1.82) is 0 Å². The average Bonchev–Trinajstić information content (AvgIpc) is 2.53. The lowest BCUT2D eigenvalue weighted by atomic mass is 9.92. The van der Waals surface area contributed by atoms with Gasteiger partial charge in [-0.25, -0.2) is 4.79 Å². The Hall–Kier alpha value is -2.24. The number of methoxy groups -OCH3 is 1. The molecule has 0 N–H and O–H groups in total. The van der Waals surface area contributed by atoms with Crippen LogP contribution >= 0.6 is 0 Å². The molecule has 2 aliphatic heterocycles. The van der Waals surface area contributed by atoms with Gasteiger partial charge in [-0.2, -0.15) is 0 Å². The molecule has 6 heteroatoms. The molecule has 6 nitrogen and oxygen atoms in total. The molecular weight excluding hydrogens is 274 g/mol. The third kappa shape index (κ3) is 2.53. The molecule has 1 aromatic rings. The summed E-state index contributed by atoms with van der Waals surface area (Å²) in [5.74, 6) is 1.18. The van der Waals surface area contributed by atoms with E-state index in [-0.39, 0.29) is 6.09 Å². The average molecular weight is 291 g/mol. The molecule has 1 spiro atoms. The first-order valence-electron chi connectivity index (χ1n) is 6.90. The standard InChI is InChI=1S/C15H17NO5/c1-19-14(18)16-6-2-5-15(9-16)10-20-13-7-11(8-17)3-4-12(13)21-15/h3-4,7-8H,2,5-6,9-10H2,1H3. The quantitative estimate of drug-likeness (QED) is 0.739. The van der Waals surface area contributed by atoms with E-state index in [1.165, 1.54) is 7.11 Å². The van der Waals surface area contributed by atoms with Gasteiger partial charge in [-0.3, -0.25) is 4.79 Å². The summed E-state index contributed by atoms with van der Waals surface area (Å²) >= 11 is 0. The van der Waals surface area contributed by atoms with Crippen LogP contribution in [0.5, 0.6) is 11.5 Å². The van der Waals surface area contributed by atoms with E-state index in [1.54, 1.807) is 23.1 Å². The van der Waals surface area contributed by atoms with Gasteiger partial charge in [-0.15, -0.1) is 0 Å². The lowest BCUT2D eigenvalue weighted by molar-refractivity contribution is -0.0553. The van der Waals surface area contributed by atoms with E-state index >= 15 is 0 Å². The molecule has 2 heterocycles. The lowest BCUT2D eigenvalue weighted by Crippen LogP contribution is -2.57. The van der Waals surface area contributed by atoms with Crippen molar-refractivity contribution in [3.05, 3.63) is 23.8 Å². The summed E-state index contributed by atoms with van der Waals surface area (Å²) in [5.41, 5.74) is 0.00965. The van der Waals surface area contributed by atoms with E-state index in [2.05, 4.69) is 0 Å². The minimum atomic E-state index is -0.540. The molecule has 0 radical (unpaired) electrons. The Bertz CT molecular complexity index is 573.